The second-order valence-electron chi connectivity index (χ2n) is 4.73. The van der Waals surface area contributed by atoms with Crippen molar-refractivity contribution in [1.29, 1.82) is 0 Å². The number of hydrogen-bond acceptors (Lipinski definition) is 4. The average molecular weight is 321 g/mol. The number of hydrogen-bond donors (Lipinski definition) is 2. The van der Waals surface area contributed by atoms with Crippen molar-refractivity contribution >= 4 is 28.3 Å². The predicted molar refractivity (Wildman–Crippen MR) is 83.2 cm³/mol. The number of carbonyl (C=O) groups is 2. The van der Waals surface area contributed by atoms with Gasteiger partial charge in [-0.15, -0.1) is 11.3 Å². The van der Waals surface area contributed by atoms with Crippen LogP contribution in [0.5, 0.6) is 0 Å². The third-order valence-electron chi connectivity index (χ3n) is 2.83. The summed E-state index contributed by atoms with van der Waals surface area (Å²) in [6.45, 7) is 1.89. The second-order valence-corrected chi connectivity index (χ2v) is 5.59. The van der Waals surface area contributed by atoms with Crippen molar-refractivity contribution in [3.8, 4) is 0 Å². The molecule has 116 valence electrons. The molecule has 2 N–H and O–H groups in total. The molecular formula is C15H16FN3O2S. The Hall–Kier alpha value is -2.28. The lowest BCUT2D eigenvalue weighted by Gasteiger charge is -2.04. The summed E-state index contributed by atoms with van der Waals surface area (Å²) in [4.78, 5) is 26.8. The van der Waals surface area contributed by atoms with Gasteiger partial charge in [-0.1, -0.05) is 12.1 Å². The summed E-state index contributed by atoms with van der Waals surface area (Å²) in [6.07, 6.45) is 0.805. The molecule has 0 saturated heterocycles. The lowest BCUT2D eigenvalue weighted by molar-refractivity contribution is -0.120. The molecular weight excluding hydrogens is 305 g/mol. The van der Waals surface area contributed by atoms with Crippen LogP contribution in [0.2, 0.25) is 0 Å². The van der Waals surface area contributed by atoms with Crippen LogP contribution in [-0.4, -0.2) is 23.3 Å². The van der Waals surface area contributed by atoms with Crippen LogP contribution in [0.4, 0.5) is 9.52 Å². The van der Waals surface area contributed by atoms with Gasteiger partial charge >= 0.3 is 0 Å². The predicted octanol–water partition coefficient (Wildman–Crippen LogP) is 2.14. The minimum Gasteiger partial charge on any atom is -0.355 e. The number of benzene rings is 1. The van der Waals surface area contributed by atoms with Crippen molar-refractivity contribution in [3.05, 3.63) is 46.7 Å². The van der Waals surface area contributed by atoms with Gasteiger partial charge in [0.2, 0.25) is 11.8 Å². The SMILES string of the molecule is CC(=O)Nc1nc(CC(=O)NCCc2ccc(F)cc2)cs1. The molecule has 7 heteroatoms. The van der Waals surface area contributed by atoms with Crippen LogP contribution in [0.3, 0.4) is 0 Å². The molecule has 0 bridgehead atoms. The maximum absolute atomic E-state index is 12.8. The van der Waals surface area contributed by atoms with E-state index < -0.39 is 0 Å². The van der Waals surface area contributed by atoms with E-state index in [9.17, 15) is 14.0 Å². The van der Waals surface area contributed by atoms with Gasteiger partial charge in [0, 0.05) is 18.8 Å². The number of nitrogens with one attached hydrogen (secondary N) is 2. The Kier molecular flexibility index (Phi) is 5.60. The average Bonchev–Trinajstić information content (AvgIpc) is 2.87. The van der Waals surface area contributed by atoms with Gasteiger partial charge in [0.25, 0.3) is 0 Å². The first kappa shape index (κ1) is 16.1. The molecule has 0 unspecified atom stereocenters. The molecule has 1 aromatic carbocycles. The minimum absolute atomic E-state index is 0.137. The number of carbonyl (C=O) groups excluding carboxylic acids is 2. The van der Waals surface area contributed by atoms with Crippen LogP contribution in [0.1, 0.15) is 18.2 Å². The van der Waals surface area contributed by atoms with Crippen molar-refractivity contribution in [2.45, 2.75) is 19.8 Å². The summed E-state index contributed by atoms with van der Waals surface area (Å²) in [7, 11) is 0. The Bertz CT molecular complexity index is 655. The molecule has 1 aromatic heterocycles. The topological polar surface area (TPSA) is 71.1 Å². The van der Waals surface area contributed by atoms with Crippen LogP contribution < -0.4 is 10.6 Å². The van der Waals surface area contributed by atoms with Crippen molar-refractivity contribution in [2.24, 2.45) is 0 Å². The standard InChI is InChI=1S/C15H16FN3O2S/c1-10(20)18-15-19-13(9-22-15)8-14(21)17-7-6-11-2-4-12(16)5-3-11/h2-5,9H,6-8H2,1H3,(H,17,21)(H,18,19,20). The van der Waals surface area contributed by atoms with Gasteiger partial charge in [-0.25, -0.2) is 9.37 Å². The Labute approximate surface area is 131 Å². The minimum atomic E-state index is -0.272. The van der Waals surface area contributed by atoms with E-state index in [0.29, 0.717) is 23.8 Å². The molecule has 1 heterocycles. The van der Waals surface area contributed by atoms with Crippen molar-refractivity contribution in [2.75, 3.05) is 11.9 Å². The number of amides is 2. The van der Waals surface area contributed by atoms with Gasteiger partial charge in [-0.05, 0) is 24.1 Å². The highest BCUT2D eigenvalue weighted by molar-refractivity contribution is 7.13. The third kappa shape index (κ3) is 5.25. The van der Waals surface area contributed by atoms with E-state index in [1.165, 1.54) is 30.4 Å². The fraction of sp³-hybridized carbons (Fsp3) is 0.267. The Morgan fingerprint density at radius 1 is 1.27 bits per heavy atom. The molecule has 0 saturated carbocycles. The van der Waals surface area contributed by atoms with E-state index in [4.69, 9.17) is 0 Å². The zero-order valence-corrected chi connectivity index (χ0v) is 12.9. The zero-order chi connectivity index (χ0) is 15.9. The maximum Gasteiger partial charge on any atom is 0.226 e. The van der Waals surface area contributed by atoms with Crippen LogP contribution >= 0.6 is 11.3 Å². The summed E-state index contributed by atoms with van der Waals surface area (Å²) in [6, 6.07) is 6.19. The summed E-state index contributed by atoms with van der Waals surface area (Å²) in [5.74, 6) is -0.599. The van der Waals surface area contributed by atoms with E-state index >= 15 is 0 Å². The van der Waals surface area contributed by atoms with Gasteiger partial charge < -0.3 is 10.6 Å². The van der Waals surface area contributed by atoms with Crippen molar-refractivity contribution in [1.82, 2.24) is 10.3 Å². The van der Waals surface area contributed by atoms with E-state index in [2.05, 4.69) is 15.6 Å². The first-order chi connectivity index (χ1) is 10.5. The number of nitrogens with zero attached hydrogens (tertiary/aromatic N) is 1. The molecule has 5 nitrogen and oxygen atoms in total. The maximum atomic E-state index is 12.8. The number of halogens is 1. The molecule has 0 spiro atoms. The highest BCUT2D eigenvalue weighted by Crippen LogP contribution is 2.15. The Morgan fingerprint density at radius 3 is 2.68 bits per heavy atom. The Balaban J connectivity index is 1.74. The first-order valence-electron chi connectivity index (χ1n) is 6.76. The highest BCUT2D eigenvalue weighted by Gasteiger charge is 2.08. The van der Waals surface area contributed by atoms with E-state index in [1.807, 2.05) is 0 Å². The lowest BCUT2D eigenvalue weighted by atomic mass is 10.1. The number of anilines is 1. The summed E-state index contributed by atoms with van der Waals surface area (Å²) < 4.78 is 12.8. The molecule has 2 aromatic rings. The van der Waals surface area contributed by atoms with E-state index in [-0.39, 0.29) is 24.1 Å². The Morgan fingerprint density at radius 2 is 2.00 bits per heavy atom. The van der Waals surface area contributed by atoms with Gasteiger partial charge in [0.05, 0.1) is 12.1 Å². The molecule has 0 fully saturated rings. The largest absolute Gasteiger partial charge is 0.355 e. The normalized spacial score (nSPS) is 10.3. The van der Waals surface area contributed by atoms with Crippen LogP contribution in [0.25, 0.3) is 0 Å². The van der Waals surface area contributed by atoms with Gasteiger partial charge in [0.15, 0.2) is 5.13 Å². The molecule has 0 aliphatic rings. The highest BCUT2D eigenvalue weighted by atomic mass is 32.1. The smallest absolute Gasteiger partial charge is 0.226 e. The van der Waals surface area contributed by atoms with Gasteiger partial charge in [-0.3, -0.25) is 9.59 Å². The summed E-state index contributed by atoms with van der Waals surface area (Å²) in [5.41, 5.74) is 1.58. The summed E-state index contributed by atoms with van der Waals surface area (Å²) >= 11 is 1.28. The molecule has 0 atom stereocenters. The number of aromatic nitrogens is 1. The number of rotatable bonds is 6. The van der Waals surface area contributed by atoms with E-state index in [0.717, 1.165) is 5.56 Å². The van der Waals surface area contributed by atoms with Crippen LogP contribution in [0.15, 0.2) is 29.6 Å². The molecule has 0 aliphatic heterocycles. The van der Waals surface area contributed by atoms with Crippen molar-refractivity contribution < 1.29 is 14.0 Å². The molecule has 2 rings (SSSR count). The zero-order valence-electron chi connectivity index (χ0n) is 12.1. The molecule has 2 amide bonds. The lowest BCUT2D eigenvalue weighted by Crippen LogP contribution is -2.27. The quantitative estimate of drug-likeness (QED) is 0.856. The monoisotopic (exact) mass is 321 g/mol. The van der Waals surface area contributed by atoms with Gasteiger partial charge in [0.1, 0.15) is 5.82 Å². The van der Waals surface area contributed by atoms with Gasteiger partial charge in [-0.2, -0.15) is 0 Å². The molecule has 0 aliphatic carbocycles. The molecule has 22 heavy (non-hydrogen) atoms. The third-order valence-corrected chi connectivity index (χ3v) is 3.63. The van der Waals surface area contributed by atoms with E-state index in [1.54, 1.807) is 17.5 Å². The fourth-order valence-electron chi connectivity index (χ4n) is 1.82. The summed E-state index contributed by atoms with van der Waals surface area (Å²) in [5, 5.41) is 7.59. The van der Waals surface area contributed by atoms with Crippen LogP contribution in [0, 0.1) is 5.82 Å². The van der Waals surface area contributed by atoms with Crippen molar-refractivity contribution in [3.63, 3.8) is 0 Å². The number of thiazole rings is 1. The first-order valence-corrected chi connectivity index (χ1v) is 7.64. The van der Waals surface area contributed by atoms with Crippen LogP contribution in [-0.2, 0) is 22.4 Å². The second kappa shape index (κ2) is 7.65. The molecule has 0 radical (unpaired) electrons. The fourth-order valence-corrected chi connectivity index (χ4v) is 2.58.